The summed E-state index contributed by atoms with van der Waals surface area (Å²) in [5, 5.41) is 30.9. The van der Waals surface area contributed by atoms with Gasteiger partial charge >= 0.3 is 0 Å². The summed E-state index contributed by atoms with van der Waals surface area (Å²) in [7, 11) is -3.52. The molecule has 1 fully saturated rings. The number of sulfonamides is 1. The lowest BCUT2D eigenvalue weighted by Gasteiger charge is -2.19. The third-order valence-corrected chi connectivity index (χ3v) is 7.72. The molecule has 180 valence electrons. The van der Waals surface area contributed by atoms with E-state index in [0.29, 0.717) is 32.1 Å². The van der Waals surface area contributed by atoms with Crippen LogP contribution in [0.15, 0.2) is 40.2 Å². The Morgan fingerprint density at radius 3 is 2.72 bits per heavy atom. The first-order valence-electron chi connectivity index (χ1n) is 10.7. The van der Waals surface area contributed by atoms with Crippen molar-refractivity contribution >= 4 is 43.2 Å². The average Bonchev–Trinajstić information content (AvgIpc) is 3.22. The molecule has 0 saturated heterocycles. The Morgan fingerprint density at radius 1 is 1.31 bits per heavy atom. The van der Waals surface area contributed by atoms with Crippen LogP contribution in [0.4, 0.5) is 0 Å². The Kier molecular flexibility index (Phi) is 11.1. The van der Waals surface area contributed by atoms with Gasteiger partial charge in [0.05, 0.1) is 28.4 Å². The Morgan fingerprint density at radius 2 is 2.06 bits per heavy atom. The van der Waals surface area contributed by atoms with Gasteiger partial charge in [0.15, 0.2) is 0 Å². The van der Waals surface area contributed by atoms with E-state index < -0.39 is 34.2 Å². The predicted molar refractivity (Wildman–Crippen MR) is 130 cm³/mol. The van der Waals surface area contributed by atoms with Crippen molar-refractivity contribution in [3.05, 3.63) is 45.1 Å². The standard InChI is InChI=1S/C22H32BrNO6S2/c1-32(29,30)24-22(28)7-5-3-2-4-6-17-18(20(27)14-19(17)26)12-9-15(25)8-10-16-11-13-21(23)31-16/h2,4,9,11-13,15,17-20,25-27H,3,5-8,10,14H2,1H3,(H,24,28)/b4-2-,12-9+/t15-,17+,18+,19-,20+/m0/s1. The first-order chi connectivity index (χ1) is 15.0. The minimum atomic E-state index is -3.52. The fourth-order valence-electron chi connectivity index (χ4n) is 3.84. The molecule has 10 heteroatoms. The zero-order chi connectivity index (χ0) is 23.7. The number of rotatable bonds is 12. The molecular weight excluding hydrogens is 518 g/mol. The summed E-state index contributed by atoms with van der Waals surface area (Å²) in [4.78, 5) is 12.7. The molecule has 0 radical (unpaired) electrons. The number of amides is 1. The van der Waals surface area contributed by atoms with Crippen LogP contribution in [0.1, 0.15) is 43.4 Å². The van der Waals surface area contributed by atoms with Gasteiger partial charge in [-0.15, -0.1) is 11.3 Å². The van der Waals surface area contributed by atoms with Gasteiger partial charge in [0.1, 0.15) is 0 Å². The van der Waals surface area contributed by atoms with Crippen molar-refractivity contribution < 1.29 is 28.5 Å². The monoisotopic (exact) mass is 549 g/mol. The molecule has 1 amide bonds. The van der Waals surface area contributed by atoms with Crippen molar-refractivity contribution in [3.63, 3.8) is 0 Å². The molecule has 0 unspecified atom stereocenters. The van der Waals surface area contributed by atoms with Crippen LogP contribution < -0.4 is 4.72 Å². The van der Waals surface area contributed by atoms with Crippen LogP contribution in [0.2, 0.25) is 0 Å². The van der Waals surface area contributed by atoms with E-state index in [2.05, 4.69) is 15.9 Å². The normalized spacial score (nSPS) is 25.0. The Balaban J connectivity index is 1.77. The summed E-state index contributed by atoms with van der Waals surface area (Å²) in [6.45, 7) is 0. The second-order valence-corrected chi connectivity index (χ2v) is 12.5. The van der Waals surface area contributed by atoms with E-state index >= 15 is 0 Å². The van der Waals surface area contributed by atoms with Crippen molar-refractivity contribution in [3.8, 4) is 0 Å². The number of aliphatic hydroxyl groups excluding tert-OH is 3. The number of carbonyl (C=O) groups excluding carboxylic acids is 1. The molecule has 1 aliphatic carbocycles. The van der Waals surface area contributed by atoms with Gasteiger partial charge in [-0.2, -0.15) is 0 Å². The molecule has 0 aromatic carbocycles. The molecule has 32 heavy (non-hydrogen) atoms. The molecule has 1 aromatic heterocycles. The number of aliphatic hydroxyl groups is 3. The highest BCUT2D eigenvalue weighted by atomic mass is 79.9. The summed E-state index contributed by atoms with van der Waals surface area (Å²) >= 11 is 5.07. The average molecular weight is 551 g/mol. The number of carbonyl (C=O) groups is 1. The highest BCUT2D eigenvalue weighted by Gasteiger charge is 2.39. The molecule has 1 aromatic rings. The molecule has 0 aliphatic heterocycles. The van der Waals surface area contributed by atoms with Crippen LogP contribution in [0, 0.1) is 11.8 Å². The van der Waals surface area contributed by atoms with Crippen molar-refractivity contribution in [2.24, 2.45) is 11.8 Å². The first-order valence-corrected chi connectivity index (χ1v) is 14.2. The number of unbranched alkanes of at least 4 members (excludes halogenated alkanes) is 1. The molecule has 0 spiro atoms. The fourth-order valence-corrected chi connectivity index (χ4v) is 5.86. The van der Waals surface area contributed by atoms with Crippen LogP contribution in [0.5, 0.6) is 0 Å². The molecular formula is C22H32BrNO6S2. The van der Waals surface area contributed by atoms with E-state index in [1.165, 1.54) is 4.88 Å². The van der Waals surface area contributed by atoms with Gasteiger partial charge in [0, 0.05) is 23.6 Å². The fraction of sp³-hybridized carbons (Fsp3) is 0.591. The quantitative estimate of drug-likeness (QED) is 0.235. The number of thiophene rings is 1. The van der Waals surface area contributed by atoms with E-state index in [1.807, 2.05) is 35.1 Å². The first kappa shape index (κ1) is 27.2. The van der Waals surface area contributed by atoms with Crippen molar-refractivity contribution in [2.75, 3.05) is 6.26 Å². The molecule has 7 nitrogen and oxygen atoms in total. The van der Waals surface area contributed by atoms with Crippen LogP contribution in [0.25, 0.3) is 0 Å². The summed E-state index contributed by atoms with van der Waals surface area (Å²) in [6.07, 6.45) is 9.90. The molecule has 1 aliphatic rings. The topological polar surface area (TPSA) is 124 Å². The van der Waals surface area contributed by atoms with E-state index in [1.54, 1.807) is 17.4 Å². The van der Waals surface area contributed by atoms with Crippen LogP contribution in [-0.4, -0.2) is 54.2 Å². The van der Waals surface area contributed by atoms with Gasteiger partial charge in [0.25, 0.3) is 0 Å². The lowest BCUT2D eigenvalue weighted by molar-refractivity contribution is -0.119. The van der Waals surface area contributed by atoms with Gasteiger partial charge in [-0.25, -0.2) is 8.42 Å². The minimum Gasteiger partial charge on any atom is -0.393 e. The van der Waals surface area contributed by atoms with Gasteiger partial charge < -0.3 is 15.3 Å². The van der Waals surface area contributed by atoms with Crippen LogP contribution >= 0.6 is 27.3 Å². The second kappa shape index (κ2) is 13.0. The molecule has 4 N–H and O–H groups in total. The number of hydrogen-bond acceptors (Lipinski definition) is 7. The molecule has 0 bridgehead atoms. The third kappa shape index (κ3) is 9.84. The van der Waals surface area contributed by atoms with E-state index in [4.69, 9.17) is 0 Å². The van der Waals surface area contributed by atoms with E-state index in [9.17, 15) is 28.5 Å². The smallest absolute Gasteiger partial charge is 0.233 e. The number of nitrogens with one attached hydrogen (secondary N) is 1. The predicted octanol–water partition coefficient (Wildman–Crippen LogP) is 2.91. The zero-order valence-corrected chi connectivity index (χ0v) is 21.3. The van der Waals surface area contributed by atoms with Crippen molar-refractivity contribution in [1.82, 2.24) is 4.72 Å². The zero-order valence-electron chi connectivity index (χ0n) is 18.1. The maximum atomic E-state index is 11.5. The Bertz CT molecular complexity index is 898. The number of hydrogen-bond donors (Lipinski definition) is 4. The maximum Gasteiger partial charge on any atom is 0.233 e. The Labute approximate surface area is 202 Å². The molecule has 5 atom stereocenters. The summed E-state index contributed by atoms with van der Waals surface area (Å²) < 4.78 is 25.0. The minimum absolute atomic E-state index is 0.119. The van der Waals surface area contributed by atoms with Gasteiger partial charge in [-0.05, 0) is 66.1 Å². The van der Waals surface area contributed by atoms with Gasteiger partial charge in [-0.3, -0.25) is 9.52 Å². The summed E-state index contributed by atoms with van der Waals surface area (Å²) in [5.41, 5.74) is 0. The third-order valence-electron chi connectivity index (χ3n) is 5.44. The second-order valence-electron chi connectivity index (χ2n) is 8.21. The SMILES string of the molecule is CS(=O)(=O)NC(=O)CCC/C=C\C[C@@H]1[C@@H](/C=C/[C@@H](O)CCc2ccc(Br)s2)[C@H](O)C[C@@H]1O. The van der Waals surface area contributed by atoms with E-state index in [-0.39, 0.29) is 18.3 Å². The number of allylic oxidation sites excluding steroid dienone is 2. The highest BCUT2D eigenvalue weighted by Crippen LogP contribution is 2.36. The van der Waals surface area contributed by atoms with E-state index in [0.717, 1.165) is 16.5 Å². The van der Waals surface area contributed by atoms with Gasteiger partial charge in [-0.1, -0.05) is 24.3 Å². The number of halogens is 1. The maximum absolute atomic E-state index is 11.5. The highest BCUT2D eigenvalue weighted by molar-refractivity contribution is 9.11. The largest absolute Gasteiger partial charge is 0.393 e. The van der Waals surface area contributed by atoms with Crippen molar-refractivity contribution in [1.29, 1.82) is 0 Å². The molecule has 2 rings (SSSR count). The lowest BCUT2D eigenvalue weighted by atomic mass is 9.89. The van der Waals surface area contributed by atoms with Crippen LogP contribution in [0.3, 0.4) is 0 Å². The van der Waals surface area contributed by atoms with Crippen molar-refractivity contribution in [2.45, 2.75) is 63.3 Å². The Hall–Kier alpha value is -1.04. The van der Waals surface area contributed by atoms with Crippen LogP contribution in [-0.2, 0) is 21.2 Å². The molecule has 1 saturated carbocycles. The summed E-state index contributed by atoms with van der Waals surface area (Å²) in [6, 6.07) is 4.02. The summed E-state index contributed by atoms with van der Waals surface area (Å²) in [5.74, 6) is -0.905. The van der Waals surface area contributed by atoms with Gasteiger partial charge in [0.2, 0.25) is 15.9 Å². The number of aryl methyl sites for hydroxylation is 1. The lowest BCUT2D eigenvalue weighted by Crippen LogP contribution is -2.28. The molecule has 1 heterocycles.